The molecule has 0 fully saturated rings. The fraction of sp³-hybridized carbons (Fsp3) is 0.282. The Kier molecular flexibility index (Phi) is 12.8. The van der Waals surface area contributed by atoms with Gasteiger partial charge in [-0.1, -0.05) is 44.7 Å². The van der Waals surface area contributed by atoms with Crippen LogP contribution < -0.4 is 24.8 Å². The van der Waals surface area contributed by atoms with E-state index in [0.29, 0.717) is 57.1 Å². The van der Waals surface area contributed by atoms with Crippen molar-refractivity contribution < 1.29 is 33.4 Å². The van der Waals surface area contributed by atoms with E-state index in [1.807, 2.05) is 0 Å². The van der Waals surface area contributed by atoms with Gasteiger partial charge in [0.2, 0.25) is 0 Å². The molecule has 1 atom stereocenters. The Balaban J connectivity index is 1.15. The highest BCUT2D eigenvalue weighted by Gasteiger charge is 2.21. The van der Waals surface area contributed by atoms with Crippen LogP contribution in [0.5, 0.6) is 17.2 Å². The number of amides is 2. The van der Waals surface area contributed by atoms with E-state index in [1.54, 1.807) is 84.9 Å². The summed E-state index contributed by atoms with van der Waals surface area (Å²) in [6, 6.07) is 22.5. The van der Waals surface area contributed by atoms with Crippen molar-refractivity contribution in [3.05, 3.63) is 107 Å². The molecular weight excluding hydrogens is 669 g/mol. The second-order valence-electron chi connectivity index (χ2n) is 12.0. The molecular formula is C39H40N4O7S. The van der Waals surface area contributed by atoms with Crippen molar-refractivity contribution in [2.24, 2.45) is 0 Å². The summed E-state index contributed by atoms with van der Waals surface area (Å²) in [5.41, 5.74) is 3.41. The monoisotopic (exact) mass is 708 g/mol. The van der Waals surface area contributed by atoms with Crippen molar-refractivity contribution >= 4 is 52.0 Å². The van der Waals surface area contributed by atoms with Crippen molar-refractivity contribution in [1.29, 1.82) is 0 Å². The molecule has 264 valence electrons. The minimum atomic E-state index is -0.834. The molecule has 0 spiro atoms. The van der Waals surface area contributed by atoms with Gasteiger partial charge in [0.05, 0.1) is 42.6 Å². The van der Waals surface area contributed by atoms with Gasteiger partial charge < -0.3 is 24.8 Å². The molecule has 51 heavy (non-hydrogen) atoms. The van der Waals surface area contributed by atoms with Crippen LogP contribution in [0.15, 0.2) is 84.9 Å². The number of Topliss-reactive ketones (excluding diaryl/α,β-unsaturated/α-hetero) is 1. The first-order chi connectivity index (χ1) is 24.7. The lowest BCUT2D eigenvalue weighted by molar-refractivity contribution is -0.118. The summed E-state index contributed by atoms with van der Waals surface area (Å²) in [5, 5.41) is 5.61. The summed E-state index contributed by atoms with van der Waals surface area (Å²) < 4.78 is 25.3. The molecule has 1 aromatic heterocycles. The smallest absolute Gasteiger partial charge is 0.343 e. The van der Waals surface area contributed by atoms with E-state index < -0.39 is 17.9 Å². The van der Waals surface area contributed by atoms with Crippen LogP contribution in [0.25, 0.3) is 11.0 Å². The number of hydrogen-bond donors (Lipinski definition) is 2. The highest BCUT2D eigenvalue weighted by Crippen LogP contribution is 2.30. The van der Waals surface area contributed by atoms with Gasteiger partial charge >= 0.3 is 5.97 Å². The Morgan fingerprint density at radius 1 is 0.804 bits per heavy atom. The summed E-state index contributed by atoms with van der Waals surface area (Å²) in [6.07, 6.45) is 5.93. The normalized spacial score (nSPS) is 11.4. The van der Waals surface area contributed by atoms with E-state index in [1.165, 1.54) is 33.3 Å². The summed E-state index contributed by atoms with van der Waals surface area (Å²) in [6.45, 7) is 4.22. The number of hydrogen-bond acceptors (Lipinski definition) is 10. The largest absolute Gasteiger partial charge is 0.494 e. The van der Waals surface area contributed by atoms with E-state index in [9.17, 15) is 19.2 Å². The maximum absolute atomic E-state index is 13.1. The zero-order chi connectivity index (χ0) is 36.2. The average molecular weight is 709 g/mol. The van der Waals surface area contributed by atoms with Crippen molar-refractivity contribution in [2.45, 2.75) is 58.4 Å². The fourth-order valence-electron chi connectivity index (χ4n) is 5.33. The Morgan fingerprint density at radius 2 is 1.55 bits per heavy atom. The van der Waals surface area contributed by atoms with Gasteiger partial charge in [0, 0.05) is 11.3 Å². The lowest BCUT2D eigenvalue weighted by Crippen LogP contribution is -2.41. The molecule has 5 rings (SSSR count). The molecule has 1 heterocycles. The first kappa shape index (κ1) is 36.7. The zero-order valence-corrected chi connectivity index (χ0v) is 29.6. The number of benzene rings is 4. The maximum atomic E-state index is 13.1. The minimum Gasteiger partial charge on any atom is -0.494 e. The van der Waals surface area contributed by atoms with Gasteiger partial charge in [0.15, 0.2) is 17.3 Å². The first-order valence-corrected chi connectivity index (χ1v) is 17.5. The van der Waals surface area contributed by atoms with Crippen LogP contribution in [0, 0.1) is 0 Å². The Bertz CT molecular complexity index is 1980. The Hall–Kier alpha value is -5.62. The highest BCUT2D eigenvalue weighted by molar-refractivity contribution is 7.00. The van der Waals surface area contributed by atoms with Gasteiger partial charge in [-0.3, -0.25) is 14.4 Å². The quantitative estimate of drug-likeness (QED) is 0.0571. The van der Waals surface area contributed by atoms with Crippen LogP contribution >= 0.6 is 11.7 Å². The number of carbonyl (C=O) groups is 4. The second kappa shape index (κ2) is 17.9. The number of carbonyl (C=O) groups excluding carboxylic acids is 4. The number of ether oxygens (including phenoxy) is 3. The third-order valence-electron chi connectivity index (χ3n) is 8.21. The molecule has 0 aliphatic heterocycles. The van der Waals surface area contributed by atoms with E-state index in [2.05, 4.69) is 26.3 Å². The number of aromatic nitrogens is 2. The van der Waals surface area contributed by atoms with Gasteiger partial charge in [-0.05, 0) is 98.1 Å². The number of ketones is 1. The number of nitrogens with one attached hydrogen (secondary N) is 2. The second-order valence-corrected chi connectivity index (χ2v) is 12.5. The number of anilines is 1. The van der Waals surface area contributed by atoms with Crippen molar-refractivity contribution in [3.8, 4) is 17.2 Å². The average Bonchev–Trinajstić information content (AvgIpc) is 3.63. The maximum Gasteiger partial charge on any atom is 0.343 e. The number of fused-ring (bicyclic) bond motifs is 1. The van der Waals surface area contributed by atoms with E-state index in [4.69, 9.17) is 14.2 Å². The van der Waals surface area contributed by atoms with E-state index >= 15 is 0 Å². The van der Waals surface area contributed by atoms with Gasteiger partial charge in [-0.25, -0.2) is 4.79 Å². The number of methoxy groups -OCH3 is 1. The standard InChI is InChI=1S/C39H40N4O7S/c1-4-5-6-7-8-22-49-30-19-15-28(16-20-30)39(47)50-34-21-12-26(24-35(34)48-3)23-33(25(2)44)41-37(45)27-13-17-29(18-14-27)40-38(46)31-10-9-11-32-36(31)43-51-42-32/h9-21,24,33H,4-8,22-23H2,1-3H3,(H,40,46)(H,41,45). The SMILES string of the molecule is CCCCCCCOc1ccc(C(=O)Oc2ccc(CC(NC(=O)c3ccc(NC(=O)c4cccc5nsnc45)cc3)C(C)=O)cc2OC)cc1. The molecule has 4 aromatic carbocycles. The number of nitrogens with zero attached hydrogens (tertiary/aromatic N) is 2. The predicted molar refractivity (Wildman–Crippen MR) is 196 cm³/mol. The summed E-state index contributed by atoms with van der Waals surface area (Å²) in [4.78, 5) is 51.5. The first-order valence-electron chi connectivity index (χ1n) is 16.8. The molecule has 2 amide bonds. The molecule has 0 saturated carbocycles. The molecule has 1 unspecified atom stereocenters. The van der Waals surface area contributed by atoms with Gasteiger partial charge in [0.1, 0.15) is 16.8 Å². The summed E-state index contributed by atoms with van der Waals surface area (Å²) in [7, 11) is 1.46. The van der Waals surface area contributed by atoms with Crippen molar-refractivity contribution in [3.63, 3.8) is 0 Å². The topological polar surface area (TPSA) is 146 Å². The predicted octanol–water partition coefficient (Wildman–Crippen LogP) is 7.45. The van der Waals surface area contributed by atoms with Crippen LogP contribution in [-0.4, -0.2) is 52.1 Å². The van der Waals surface area contributed by atoms with Crippen LogP contribution in [0.4, 0.5) is 5.69 Å². The van der Waals surface area contributed by atoms with Crippen LogP contribution in [0.2, 0.25) is 0 Å². The van der Waals surface area contributed by atoms with E-state index in [0.717, 1.165) is 24.6 Å². The molecule has 0 aliphatic carbocycles. The van der Waals surface area contributed by atoms with Crippen molar-refractivity contribution in [1.82, 2.24) is 14.1 Å². The third kappa shape index (κ3) is 9.98. The lowest BCUT2D eigenvalue weighted by Gasteiger charge is -2.17. The van der Waals surface area contributed by atoms with E-state index in [-0.39, 0.29) is 23.9 Å². The lowest BCUT2D eigenvalue weighted by atomic mass is 10.0. The van der Waals surface area contributed by atoms with Crippen molar-refractivity contribution in [2.75, 3.05) is 19.0 Å². The molecule has 12 heteroatoms. The Labute approximate surface area is 300 Å². The number of unbranched alkanes of at least 4 members (excludes halogenated alkanes) is 4. The molecule has 0 bridgehead atoms. The Morgan fingerprint density at radius 3 is 2.27 bits per heavy atom. The minimum absolute atomic E-state index is 0.177. The van der Waals surface area contributed by atoms with Gasteiger partial charge in [0.25, 0.3) is 11.8 Å². The third-order valence-corrected chi connectivity index (χ3v) is 8.75. The molecule has 2 N–H and O–H groups in total. The van der Waals surface area contributed by atoms with Crippen LogP contribution in [0.1, 0.15) is 82.6 Å². The van der Waals surface area contributed by atoms with Crippen LogP contribution in [0.3, 0.4) is 0 Å². The molecule has 0 saturated heterocycles. The molecule has 11 nitrogen and oxygen atoms in total. The molecule has 0 radical (unpaired) electrons. The van der Waals surface area contributed by atoms with Gasteiger partial charge in [-0.2, -0.15) is 8.75 Å². The molecule has 5 aromatic rings. The number of esters is 1. The summed E-state index contributed by atoms with van der Waals surface area (Å²) >= 11 is 1.03. The fourth-order valence-corrected chi connectivity index (χ4v) is 5.88. The van der Waals surface area contributed by atoms with Gasteiger partial charge in [-0.15, -0.1) is 0 Å². The molecule has 0 aliphatic rings. The number of rotatable bonds is 17. The van der Waals surface area contributed by atoms with Crippen LogP contribution in [-0.2, 0) is 11.2 Å². The zero-order valence-electron chi connectivity index (χ0n) is 28.8. The highest BCUT2D eigenvalue weighted by atomic mass is 32.1. The summed E-state index contributed by atoms with van der Waals surface area (Å²) in [5.74, 6) is -0.381.